The fraction of sp³-hybridized carbons (Fsp3) is 0.333. The number of nitrogens with one attached hydrogen (secondary N) is 1. The molecule has 0 aliphatic heterocycles. The molecule has 25 heavy (non-hydrogen) atoms. The molecule has 0 radical (unpaired) electrons. The third-order valence-corrected chi connectivity index (χ3v) is 3.71. The van der Waals surface area contributed by atoms with Gasteiger partial charge in [0, 0.05) is 5.39 Å². The Morgan fingerprint density at radius 3 is 2.60 bits per heavy atom. The maximum Gasteiger partial charge on any atom is 0.326 e. The Labute approximate surface area is 145 Å². The molecule has 2 N–H and O–H groups in total. The minimum absolute atomic E-state index is 0.0620. The van der Waals surface area contributed by atoms with Crippen LogP contribution in [0.2, 0.25) is 0 Å². The van der Waals surface area contributed by atoms with Crippen molar-refractivity contribution < 1.29 is 24.2 Å². The van der Waals surface area contributed by atoms with Crippen molar-refractivity contribution in [3.05, 3.63) is 42.1 Å². The van der Waals surface area contributed by atoms with E-state index in [1.807, 2.05) is 12.1 Å². The number of hydrogen-bond acceptors (Lipinski definition) is 5. The van der Waals surface area contributed by atoms with Gasteiger partial charge in [0.05, 0.1) is 18.0 Å². The van der Waals surface area contributed by atoms with E-state index in [9.17, 15) is 19.5 Å². The minimum Gasteiger partial charge on any atom is -0.480 e. The van der Waals surface area contributed by atoms with Crippen molar-refractivity contribution in [2.45, 2.75) is 26.3 Å². The first-order valence-electron chi connectivity index (χ1n) is 7.98. The summed E-state index contributed by atoms with van der Waals surface area (Å²) < 4.78 is 4.87. The SMILES string of the molecule is CCOC(=O)[C@H](C)C[C@@H](NC(=O)c1ccc2ccccc2n1)C(=O)O. The van der Waals surface area contributed by atoms with Crippen molar-refractivity contribution in [2.24, 2.45) is 5.92 Å². The molecule has 0 saturated carbocycles. The molecule has 0 saturated heterocycles. The van der Waals surface area contributed by atoms with Crippen LogP contribution in [0.25, 0.3) is 10.9 Å². The number of amides is 1. The summed E-state index contributed by atoms with van der Waals surface area (Å²) in [4.78, 5) is 39.6. The molecule has 1 heterocycles. The molecular formula is C18H20N2O5. The van der Waals surface area contributed by atoms with Crippen molar-refractivity contribution in [3.63, 3.8) is 0 Å². The number of ether oxygens (including phenoxy) is 1. The van der Waals surface area contributed by atoms with E-state index in [1.165, 1.54) is 6.07 Å². The number of para-hydroxylation sites is 1. The number of rotatable bonds is 7. The number of esters is 1. The van der Waals surface area contributed by atoms with Gasteiger partial charge in [-0.2, -0.15) is 0 Å². The monoisotopic (exact) mass is 344 g/mol. The van der Waals surface area contributed by atoms with Gasteiger partial charge in [0.2, 0.25) is 0 Å². The number of nitrogens with zero attached hydrogens (tertiary/aromatic N) is 1. The Bertz CT molecular complexity index is 790. The molecule has 0 spiro atoms. The van der Waals surface area contributed by atoms with E-state index in [4.69, 9.17) is 4.74 Å². The summed E-state index contributed by atoms with van der Waals surface area (Å²) in [5.74, 6) is -2.96. The standard InChI is InChI=1S/C18H20N2O5/c1-3-25-18(24)11(2)10-15(17(22)23)20-16(21)14-9-8-12-6-4-5-7-13(12)19-14/h4-9,11,15H,3,10H2,1-2H3,(H,20,21)(H,22,23)/t11-,15-/m1/s1. The third-order valence-electron chi connectivity index (χ3n) is 3.71. The Morgan fingerprint density at radius 1 is 1.20 bits per heavy atom. The molecule has 2 atom stereocenters. The highest BCUT2D eigenvalue weighted by Crippen LogP contribution is 2.13. The van der Waals surface area contributed by atoms with E-state index in [-0.39, 0.29) is 18.7 Å². The molecule has 7 heteroatoms. The number of carboxylic acids is 1. The summed E-state index contributed by atoms with van der Waals surface area (Å²) in [5, 5.41) is 12.6. The molecule has 2 aromatic rings. The second-order valence-electron chi connectivity index (χ2n) is 5.64. The number of fused-ring (bicyclic) bond motifs is 1. The van der Waals surface area contributed by atoms with Gasteiger partial charge >= 0.3 is 11.9 Å². The molecule has 7 nitrogen and oxygen atoms in total. The summed E-state index contributed by atoms with van der Waals surface area (Å²) in [5.41, 5.74) is 0.760. The quantitative estimate of drug-likeness (QED) is 0.744. The Kier molecular flexibility index (Phi) is 6.05. The van der Waals surface area contributed by atoms with Gasteiger partial charge in [-0.15, -0.1) is 0 Å². The van der Waals surface area contributed by atoms with Gasteiger partial charge in [-0.3, -0.25) is 9.59 Å². The van der Waals surface area contributed by atoms with Crippen LogP contribution in [-0.2, 0) is 14.3 Å². The van der Waals surface area contributed by atoms with Crippen molar-refractivity contribution >= 4 is 28.7 Å². The largest absolute Gasteiger partial charge is 0.480 e. The summed E-state index contributed by atoms with van der Waals surface area (Å²) in [6.07, 6.45) is -0.0620. The fourth-order valence-electron chi connectivity index (χ4n) is 2.38. The van der Waals surface area contributed by atoms with E-state index >= 15 is 0 Å². The molecule has 1 aromatic carbocycles. The van der Waals surface area contributed by atoms with E-state index in [0.717, 1.165) is 5.39 Å². The van der Waals surface area contributed by atoms with Crippen LogP contribution in [0.15, 0.2) is 36.4 Å². The predicted octanol–water partition coefficient (Wildman–Crippen LogP) is 2.01. The summed E-state index contributed by atoms with van der Waals surface area (Å²) in [6, 6.07) is 9.37. The second-order valence-corrected chi connectivity index (χ2v) is 5.64. The zero-order valence-corrected chi connectivity index (χ0v) is 14.1. The van der Waals surface area contributed by atoms with Gasteiger partial charge in [0.15, 0.2) is 0 Å². The van der Waals surface area contributed by atoms with Crippen LogP contribution in [0.1, 0.15) is 30.8 Å². The van der Waals surface area contributed by atoms with Crippen LogP contribution in [0.3, 0.4) is 0 Å². The molecule has 1 amide bonds. The lowest BCUT2D eigenvalue weighted by Crippen LogP contribution is -2.43. The van der Waals surface area contributed by atoms with Crippen molar-refractivity contribution in [3.8, 4) is 0 Å². The lowest BCUT2D eigenvalue weighted by Gasteiger charge is -2.18. The molecule has 0 aliphatic carbocycles. The minimum atomic E-state index is -1.22. The first kappa shape index (κ1) is 18.4. The third kappa shape index (κ3) is 4.76. The lowest BCUT2D eigenvalue weighted by atomic mass is 10.0. The Balaban J connectivity index is 2.10. The number of aliphatic carboxylic acids is 1. The zero-order valence-electron chi connectivity index (χ0n) is 14.1. The predicted molar refractivity (Wildman–Crippen MR) is 91.0 cm³/mol. The van der Waals surface area contributed by atoms with Gasteiger partial charge < -0.3 is 15.2 Å². The van der Waals surface area contributed by atoms with Crippen molar-refractivity contribution in [2.75, 3.05) is 6.61 Å². The van der Waals surface area contributed by atoms with Crippen LogP contribution in [-0.4, -0.2) is 40.6 Å². The van der Waals surface area contributed by atoms with E-state index < -0.39 is 29.8 Å². The zero-order chi connectivity index (χ0) is 18.4. The van der Waals surface area contributed by atoms with Crippen LogP contribution in [0, 0.1) is 5.92 Å². The number of aromatic nitrogens is 1. The highest BCUT2D eigenvalue weighted by Gasteiger charge is 2.27. The van der Waals surface area contributed by atoms with E-state index in [0.29, 0.717) is 5.52 Å². The Morgan fingerprint density at radius 2 is 1.92 bits per heavy atom. The molecular weight excluding hydrogens is 324 g/mol. The van der Waals surface area contributed by atoms with Gasteiger partial charge in [-0.25, -0.2) is 9.78 Å². The number of pyridine rings is 1. The first-order valence-corrected chi connectivity index (χ1v) is 7.98. The number of carbonyl (C=O) groups excluding carboxylic acids is 2. The maximum absolute atomic E-state index is 12.3. The lowest BCUT2D eigenvalue weighted by molar-refractivity contribution is -0.148. The van der Waals surface area contributed by atoms with E-state index in [2.05, 4.69) is 10.3 Å². The second kappa shape index (κ2) is 8.23. The topological polar surface area (TPSA) is 106 Å². The molecule has 132 valence electrons. The summed E-state index contributed by atoms with van der Waals surface area (Å²) in [6.45, 7) is 3.45. The van der Waals surface area contributed by atoms with Gasteiger partial charge in [-0.1, -0.05) is 31.2 Å². The smallest absolute Gasteiger partial charge is 0.326 e. The van der Waals surface area contributed by atoms with Crippen LogP contribution in [0.4, 0.5) is 0 Å². The highest BCUT2D eigenvalue weighted by atomic mass is 16.5. The Hall–Kier alpha value is -2.96. The average molecular weight is 344 g/mol. The number of benzene rings is 1. The summed E-state index contributed by atoms with van der Waals surface area (Å²) in [7, 11) is 0. The molecule has 0 unspecified atom stereocenters. The molecule has 2 rings (SSSR count). The average Bonchev–Trinajstić information content (AvgIpc) is 2.60. The summed E-state index contributed by atoms with van der Waals surface area (Å²) >= 11 is 0. The number of carbonyl (C=O) groups is 3. The molecule has 1 aromatic heterocycles. The van der Waals surface area contributed by atoms with Gasteiger partial charge in [0.1, 0.15) is 11.7 Å². The van der Waals surface area contributed by atoms with Crippen molar-refractivity contribution in [1.29, 1.82) is 0 Å². The van der Waals surface area contributed by atoms with Gasteiger partial charge in [-0.05, 0) is 25.5 Å². The van der Waals surface area contributed by atoms with Gasteiger partial charge in [0.25, 0.3) is 5.91 Å². The molecule has 0 fully saturated rings. The molecule has 0 bridgehead atoms. The van der Waals surface area contributed by atoms with E-state index in [1.54, 1.807) is 32.0 Å². The fourth-order valence-corrected chi connectivity index (χ4v) is 2.38. The number of hydrogen-bond donors (Lipinski definition) is 2. The number of carboxylic acid groups (broad SMARTS) is 1. The normalized spacial score (nSPS) is 13.0. The van der Waals surface area contributed by atoms with Crippen LogP contribution in [0.5, 0.6) is 0 Å². The van der Waals surface area contributed by atoms with Crippen LogP contribution >= 0.6 is 0 Å². The van der Waals surface area contributed by atoms with Crippen LogP contribution < -0.4 is 5.32 Å². The highest BCUT2D eigenvalue weighted by molar-refractivity contribution is 5.97. The maximum atomic E-state index is 12.3. The first-order chi connectivity index (χ1) is 11.9. The van der Waals surface area contributed by atoms with Crippen molar-refractivity contribution in [1.82, 2.24) is 10.3 Å². The molecule has 0 aliphatic rings.